The average Bonchev–Trinajstić information content (AvgIpc) is 2.55. The molecule has 104 valence electrons. The SMILES string of the molecule is Cc1ccnc(-c2cccc(C(C)c3ccccc3)c2)c1. The molecule has 1 heterocycles. The lowest BCUT2D eigenvalue weighted by Gasteiger charge is -2.13. The van der Waals surface area contributed by atoms with Crippen molar-refractivity contribution in [3.8, 4) is 11.3 Å². The molecule has 2 aromatic carbocycles. The number of nitrogens with zero attached hydrogens (tertiary/aromatic N) is 1. The Labute approximate surface area is 126 Å². The molecule has 0 fully saturated rings. The Morgan fingerprint density at radius 3 is 2.33 bits per heavy atom. The number of hydrogen-bond donors (Lipinski definition) is 0. The zero-order valence-electron chi connectivity index (χ0n) is 12.5. The summed E-state index contributed by atoms with van der Waals surface area (Å²) in [5, 5.41) is 0. The lowest BCUT2D eigenvalue weighted by molar-refractivity contribution is 0.923. The van der Waals surface area contributed by atoms with Crippen molar-refractivity contribution in [1.82, 2.24) is 4.98 Å². The first-order chi connectivity index (χ1) is 10.2. The van der Waals surface area contributed by atoms with Gasteiger partial charge in [0.1, 0.15) is 0 Å². The zero-order chi connectivity index (χ0) is 14.7. The fourth-order valence-corrected chi connectivity index (χ4v) is 2.60. The van der Waals surface area contributed by atoms with Crippen LogP contribution in [0.15, 0.2) is 72.9 Å². The molecule has 3 aromatic rings. The third-order valence-electron chi connectivity index (χ3n) is 3.90. The summed E-state index contributed by atoms with van der Waals surface area (Å²) in [5.74, 6) is 0.385. The van der Waals surface area contributed by atoms with Crippen LogP contribution in [0.25, 0.3) is 11.3 Å². The summed E-state index contributed by atoms with van der Waals surface area (Å²) in [5.41, 5.74) is 6.12. The van der Waals surface area contributed by atoms with Gasteiger partial charge in [-0.25, -0.2) is 0 Å². The van der Waals surface area contributed by atoms with E-state index in [4.69, 9.17) is 0 Å². The minimum atomic E-state index is 0.385. The Balaban J connectivity index is 1.97. The van der Waals surface area contributed by atoms with Crippen LogP contribution in [0.1, 0.15) is 29.5 Å². The lowest BCUT2D eigenvalue weighted by atomic mass is 9.91. The monoisotopic (exact) mass is 273 g/mol. The molecule has 0 radical (unpaired) electrons. The molecule has 0 aliphatic heterocycles. The molecule has 1 heteroatoms. The predicted molar refractivity (Wildman–Crippen MR) is 88.4 cm³/mol. The van der Waals surface area contributed by atoms with Gasteiger partial charge in [-0.05, 0) is 41.8 Å². The second-order valence-electron chi connectivity index (χ2n) is 5.48. The third-order valence-corrected chi connectivity index (χ3v) is 3.90. The molecule has 0 spiro atoms. The number of aromatic nitrogens is 1. The smallest absolute Gasteiger partial charge is 0.0704 e. The molecule has 1 nitrogen and oxygen atoms in total. The van der Waals surface area contributed by atoms with Gasteiger partial charge in [-0.2, -0.15) is 0 Å². The van der Waals surface area contributed by atoms with E-state index in [9.17, 15) is 0 Å². The van der Waals surface area contributed by atoms with Crippen LogP contribution in [0, 0.1) is 6.92 Å². The summed E-state index contributed by atoms with van der Waals surface area (Å²) in [6.07, 6.45) is 1.87. The van der Waals surface area contributed by atoms with Gasteiger partial charge in [0, 0.05) is 17.7 Å². The maximum Gasteiger partial charge on any atom is 0.0704 e. The molecule has 0 N–H and O–H groups in total. The molecule has 1 unspecified atom stereocenters. The van der Waals surface area contributed by atoms with Gasteiger partial charge >= 0.3 is 0 Å². The highest BCUT2D eigenvalue weighted by atomic mass is 14.7. The minimum Gasteiger partial charge on any atom is -0.256 e. The van der Waals surface area contributed by atoms with E-state index in [-0.39, 0.29) is 0 Å². The molecular formula is C20H19N. The Kier molecular flexibility index (Phi) is 3.83. The number of hydrogen-bond acceptors (Lipinski definition) is 1. The van der Waals surface area contributed by atoms with Gasteiger partial charge in [0.15, 0.2) is 0 Å². The highest BCUT2D eigenvalue weighted by molar-refractivity contribution is 5.61. The molecule has 3 rings (SSSR count). The van der Waals surface area contributed by atoms with Gasteiger partial charge in [-0.15, -0.1) is 0 Å². The summed E-state index contributed by atoms with van der Waals surface area (Å²) >= 11 is 0. The first-order valence-electron chi connectivity index (χ1n) is 7.32. The molecular weight excluding hydrogens is 254 g/mol. The van der Waals surface area contributed by atoms with Crippen molar-refractivity contribution in [2.24, 2.45) is 0 Å². The summed E-state index contributed by atoms with van der Waals surface area (Å²) in [4.78, 5) is 4.48. The van der Waals surface area contributed by atoms with E-state index < -0.39 is 0 Å². The predicted octanol–water partition coefficient (Wildman–Crippen LogP) is 5.21. The molecule has 0 amide bonds. The molecule has 0 bridgehead atoms. The van der Waals surface area contributed by atoms with E-state index in [0.717, 1.165) is 5.69 Å². The Hall–Kier alpha value is -2.41. The van der Waals surface area contributed by atoms with E-state index in [1.807, 2.05) is 12.3 Å². The first kappa shape index (κ1) is 13.6. The molecule has 0 aliphatic carbocycles. The van der Waals surface area contributed by atoms with Crippen molar-refractivity contribution in [2.45, 2.75) is 19.8 Å². The second kappa shape index (κ2) is 5.92. The van der Waals surface area contributed by atoms with Crippen molar-refractivity contribution in [3.05, 3.63) is 89.6 Å². The average molecular weight is 273 g/mol. The van der Waals surface area contributed by atoms with Gasteiger partial charge in [-0.1, -0.05) is 55.5 Å². The van der Waals surface area contributed by atoms with E-state index in [2.05, 4.69) is 79.5 Å². The van der Waals surface area contributed by atoms with Crippen LogP contribution in [0.4, 0.5) is 0 Å². The Morgan fingerprint density at radius 1 is 0.810 bits per heavy atom. The topological polar surface area (TPSA) is 12.9 Å². The van der Waals surface area contributed by atoms with Crippen molar-refractivity contribution < 1.29 is 0 Å². The van der Waals surface area contributed by atoms with Crippen molar-refractivity contribution >= 4 is 0 Å². The van der Waals surface area contributed by atoms with Crippen molar-refractivity contribution in [2.75, 3.05) is 0 Å². The number of pyridine rings is 1. The van der Waals surface area contributed by atoms with Crippen LogP contribution < -0.4 is 0 Å². The highest BCUT2D eigenvalue weighted by Crippen LogP contribution is 2.27. The van der Waals surface area contributed by atoms with Gasteiger partial charge in [0.05, 0.1) is 5.69 Å². The summed E-state index contributed by atoms with van der Waals surface area (Å²) < 4.78 is 0. The molecule has 1 atom stereocenters. The molecule has 0 saturated heterocycles. The molecule has 1 aromatic heterocycles. The number of rotatable bonds is 3. The summed E-state index contributed by atoms with van der Waals surface area (Å²) in [6.45, 7) is 4.35. The fraction of sp³-hybridized carbons (Fsp3) is 0.150. The van der Waals surface area contributed by atoms with E-state index in [1.54, 1.807) is 0 Å². The van der Waals surface area contributed by atoms with Crippen LogP contribution in [0.2, 0.25) is 0 Å². The van der Waals surface area contributed by atoms with Gasteiger partial charge < -0.3 is 0 Å². The number of benzene rings is 2. The fourth-order valence-electron chi connectivity index (χ4n) is 2.60. The largest absolute Gasteiger partial charge is 0.256 e. The first-order valence-corrected chi connectivity index (χ1v) is 7.32. The highest BCUT2D eigenvalue weighted by Gasteiger charge is 2.09. The lowest BCUT2D eigenvalue weighted by Crippen LogP contribution is -1.96. The quantitative estimate of drug-likeness (QED) is 0.638. The van der Waals surface area contributed by atoms with Crippen LogP contribution in [0.5, 0.6) is 0 Å². The van der Waals surface area contributed by atoms with E-state index >= 15 is 0 Å². The molecule has 0 aliphatic rings. The maximum atomic E-state index is 4.48. The summed E-state index contributed by atoms with van der Waals surface area (Å²) in [6, 6.07) is 23.5. The van der Waals surface area contributed by atoms with Gasteiger partial charge in [0.25, 0.3) is 0 Å². The Morgan fingerprint density at radius 2 is 1.57 bits per heavy atom. The van der Waals surface area contributed by atoms with Crippen LogP contribution in [0.3, 0.4) is 0 Å². The maximum absolute atomic E-state index is 4.48. The standard InChI is InChI=1S/C20H19N/c1-15-11-12-21-20(13-15)19-10-6-9-18(14-19)16(2)17-7-4-3-5-8-17/h3-14,16H,1-2H3. The Bertz CT molecular complexity index is 732. The zero-order valence-corrected chi connectivity index (χ0v) is 12.5. The molecule has 21 heavy (non-hydrogen) atoms. The van der Waals surface area contributed by atoms with E-state index in [1.165, 1.54) is 22.3 Å². The third kappa shape index (κ3) is 3.03. The van der Waals surface area contributed by atoms with Crippen LogP contribution in [-0.2, 0) is 0 Å². The van der Waals surface area contributed by atoms with Gasteiger partial charge in [-0.3, -0.25) is 4.98 Å². The van der Waals surface area contributed by atoms with Crippen LogP contribution in [-0.4, -0.2) is 4.98 Å². The van der Waals surface area contributed by atoms with E-state index in [0.29, 0.717) is 5.92 Å². The normalized spacial score (nSPS) is 12.1. The minimum absolute atomic E-state index is 0.385. The van der Waals surface area contributed by atoms with Crippen molar-refractivity contribution in [3.63, 3.8) is 0 Å². The van der Waals surface area contributed by atoms with Crippen molar-refractivity contribution in [1.29, 1.82) is 0 Å². The number of aryl methyl sites for hydroxylation is 1. The second-order valence-corrected chi connectivity index (χ2v) is 5.48. The summed E-state index contributed by atoms with van der Waals surface area (Å²) in [7, 11) is 0. The van der Waals surface area contributed by atoms with Gasteiger partial charge in [0.2, 0.25) is 0 Å². The van der Waals surface area contributed by atoms with Crippen LogP contribution >= 0.6 is 0 Å². The molecule has 0 saturated carbocycles.